The van der Waals surface area contributed by atoms with Crippen LogP contribution in [-0.2, 0) is 16.0 Å². The molecule has 2 aromatic carbocycles. The number of anilines is 1. The molecule has 2 aromatic rings. The summed E-state index contributed by atoms with van der Waals surface area (Å²) in [7, 11) is 0. The fraction of sp³-hybridized carbons (Fsp3) is 0.353. The van der Waals surface area contributed by atoms with Crippen LogP contribution in [0.3, 0.4) is 0 Å². The molecule has 1 heterocycles. The summed E-state index contributed by atoms with van der Waals surface area (Å²) in [6.45, 7) is -0.0115. The fourth-order valence-electron chi connectivity index (χ4n) is 3.05. The third-order valence-corrected chi connectivity index (χ3v) is 3.95. The van der Waals surface area contributed by atoms with Gasteiger partial charge in [0.25, 0.3) is 0 Å². The highest BCUT2D eigenvalue weighted by Crippen LogP contribution is 2.38. The van der Waals surface area contributed by atoms with Crippen LogP contribution in [-0.4, -0.2) is 24.9 Å². The summed E-state index contributed by atoms with van der Waals surface area (Å²) >= 11 is 0. The number of rotatable bonds is 2. The van der Waals surface area contributed by atoms with Gasteiger partial charge in [0.15, 0.2) is 0 Å². The van der Waals surface area contributed by atoms with E-state index in [1.54, 1.807) is 0 Å². The Morgan fingerprint density at radius 2 is 2.00 bits per heavy atom. The maximum atomic E-state index is 12.5. The molecule has 3 nitrogen and oxygen atoms in total. The van der Waals surface area contributed by atoms with Crippen molar-refractivity contribution in [3.8, 4) is 0 Å². The minimum atomic E-state index is -4.42. The van der Waals surface area contributed by atoms with E-state index < -0.39 is 19.0 Å². The van der Waals surface area contributed by atoms with E-state index in [1.807, 2.05) is 36.4 Å². The summed E-state index contributed by atoms with van der Waals surface area (Å²) in [4.78, 5) is 13.5. The standard InChI is InChI=1S/C17H16F3NO2/c1-11(22)21-15(23-10-17(18,19)20)9-8-13-7-6-12-4-2-3-5-14(12)16(13)21/h2-7,15H,8-10H2,1H3. The molecule has 1 aliphatic rings. The van der Waals surface area contributed by atoms with Gasteiger partial charge in [-0.25, -0.2) is 0 Å². The van der Waals surface area contributed by atoms with Gasteiger partial charge in [0.2, 0.25) is 5.91 Å². The molecule has 0 N–H and O–H groups in total. The first-order valence-corrected chi connectivity index (χ1v) is 7.35. The van der Waals surface area contributed by atoms with E-state index in [-0.39, 0.29) is 5.91 Å². The zero-order valence-electron chi connectivity index (χ0n) is 12.6. The molecule has 6 heteroatoms. The number of fused-ring (bicyclic) bond motifs is 3. The van der Waals surface area contributed by atoms with Gasteiger partial charge in [-0.05, 0) is 23.8 Å². The zero-order valence-corrected chi connectivity index (χ0v) is 12.6. The van der Waals surface area contributed by atoms with E-state index in [0.717, 1.165) is 16.3 Å². The average Bonchev–Trinajstić information content (AvgIpc) is 2.51. The summed E-state index contributed by atoms with van der Waals surface area (Å²) in [6, 6.07) is 11.4. The summed E-state index contributed by atoms with van der Waals surface area (Å²) in [6.07, 6.45) is -4.39. The van der Waals surface area contributed by atoms with Gasteiger partial charge in [0.1, 0.15) is 12.8 Å². The summed E-state index contributed by atoms with van der Waals surface area (Å²) in [5.74, 6) is -0.325. The van der Waals surface area contributed by atoms with Crippen molar-refractivity contribution in [3.05, 3.63) is 42.0 Å². The number of halogens is 3. The highest BCUT2D eigenvalue weighted by atomic mass is 19.4. The monoisotopic (exact) mass is 323 g/mol. The number of carbonyl (C=O) groups is 1. The fourth-order valence-corrected chi connectivity index (χ4v) is 3.05. The number of nitrogens with zero attached hydrogens (tertiary/aromatic N) is 1. The lowest BCUT2D eigenvalue weighted by molar-refractivity contribution is -0.186. The topological polar surface area (TPSA) is 29.5 Å². The molecule has 0 fully saturated rings. The third kappa shape index (κ3) is 3.17. The molecule has 3 rings (SSSR count). The lowest BCUT2D eigenvalue weighted by Crippen LogP contribution is -2.45. The van der Waals surface area contributed by atoms with Crippen LogP contribution in [0.15, 0.2) is 36.4 Å². The molecule has 0 saturated heterocycles. The van der Waals surface area contributed by atoms with Gasteiger partial charge in [-0.1, -0.05) is 36.4 Å². The highest BCUT2D eigenvalue weighted by molar-refractivity contribution is 6.05. The summed E-state index contributed by atoms with van der Waals surface area (Å²) in [5.41, 5.74) is 1.61. The minimum absolute atomic E-state index is 0.325. The van der Waals surface area contributed by atoms with Crippen LogP contribution in [0.5, 0.6) is 0 Å². The van der Waals surface area contributed by atoms with E-state index in [9.17, 15) is 18.0 Å². The lowest BCUT2D eigenvalue weighted by Gasteiger charge is -2.37. The van der Waals surface area contributed by atoms with E-state index in [2.05, 4.69) is 0 Å². The van der Waals surface area contributed by atoms with Crippen LogP contribution in [0.2, 0.25) is 0 Å². The Labute approximate surface area is 131 Å². The number of hydrogen-bond acceptors (Lipinski definition) is 2. The predicted molar refractivity (Wildman–Crippen MR) is 81.2 cm³/mol. The molecule has 1 atom stereocenters. The van der Waals surface area contributed by atoms with E-state index in [4.69, 9.17) is 4.74 Å². The highest BCUT2D eigenvalue weighted by Gasteiger charge is 2.35. The van der Waals surface area contributed by atoms with Crippen molar-refractivity contribution in [3.63, 3.8) is 0 Å². The molecule has 23 heavy (non-hydrogen) atoms. The average molecular weight is 323 g/mol. The van der Waals surface area contributed by atoms with Crippen molar-refractivity contribution in [1.29, 1.82) is 0 Å². The van der Waals surface area contributed by atoms with E-state index >= 15 is 0 Å². The van der Waals surface area contributed by atoms with Crippen LogP contribution in [0.1, 0.15) is 18.9 Å². The van der Waals surface area contributed by atoms with Crippen molar-refractivity contribution in [1.82, 2.24) is 0 Å². The summed E-state index contributed by atoms with van der Waals surface area (Å²) < 4.78 is 42.4. The quantitative estimate of drug-likeness (QED) is 0.834. The second-order valence-corrected chi connectivity index (χ2v) is 5.60. The molecule has 122 valence electrons. The van der Waals surface area contributed by atoms with Gasteiger partial charge in [0, 0.05) is 12.3 Å². The molecular formula is C17H16F3NO2. The number of ether oxygens (including phenoxy) is 1. The molecule has 0 bridgehead atoms. The van der Waals surface area contributed by atoms with Gasteiger partial charge in [-0.3, -0.25) is 9.69 Å². The Morgan fingerprint density at radius 1 is 1.26 bits per heavy atom. The van der Waals surface area contributed by atoms with Crippen LogP contribution in [0.4, 0.5) is 18.9 Å². The second-order valence-electron chi connectivity index (χ2n) is 5.60. The van der Waals surface area contributed by atoms with Crippen molar-refractivity contribution < 1.29 is 22.7 Å². The molecule has 0 aromatic heterocycles. The number of aryl methyl sites for hydroxylation is 1. The van der Waals surface area contributed by atoms with Crippen molar-refractivity contribution >= 4 is 22.4 Å². The maximum absolute atomic E-state index is 12.5. The van der Waals surface area contributed by atoms with E-state index in [1.165, 1.54) is 11.8 Å². The molecule has 0 radical (unpaired) electrons. The number of carbonyl (C=O) groups excluding carboxylic acids is 1. The zero-order chi connectivity index (χ0) is 16.6. The van der Waals surface area contributed by atoms with Crippen molar-refractivity contribution in [2.45, 2.75) is 32.2 Å². The first kappa shape index (κ1) is 15.8. The third-order valence-electron chi connectivity index (χ3n) is 3.95. The Bertz CT molecular complexity index is 742. The van der Waals surface area contributed by atoms with E-state index in [0.29, 0.717) is 18.5 Å². The minimum Gasteiger partial charge on any atom is -0.348 e. The van der Waals surface area contributed by atoms with Crippen molar-refractivity contribution in [2.24, 2.45) is 0 Å². The van der Waals surface area contributed by atoms with Crippen LogP contribution < -0.4 is 4.90 Å². The van der Waals surface area contributed by atoms with Crippen LogP contribution in [0.25, 0.3) is 10.8 Å². The normalized spacial score (nSPS) is 18.1. The Hall–Kier alpha value is -2.08. The predicted octanol–water partition coefficient (Wildman–Crippen LogP) is 4.04. The number of hydrogen-bond donors (Lipinski definition) is 0. The Morgan fingerprint density at radius 3 is 2.70 bits per heavy atom. The largest absolute Gasteiger partial charge is 0.411 e. The SMILES string of the molecule is CC(=O)N1c2c(ccc3ccccc23)CCC1OCC(F)(F)F. The molecule has 1 aliphatic heterocycles. The molecule has 0 spiro atoms. The number of amides is 1. The van der Waals surface area contributed by atoms with Gasteiger partial charge >= 0.3 is 6.18 Å². The smallest absolute Gasteiger partial charge is 0.348 e. The van der Waals surface area contributed by atoms with Gasteiger partial charge in [-0.15, -0.1) is 0 Å². The second kappa shape index (κ2) is 5.85. The van der Waals surface area contributed by atoms with Crippen molar-refractivity contribution in [2.75, 3.05) is 11.5 Å². The van der Waals surface area contributed by atoms with Gasteiger partial charge in [-0.2, -0.15) is 13.2 Å². The summed E-state index contributed by atoms with van der Waals surface area (Å²) in [5, 5.41) is 1.79. The first-order chi connectivity index (χ1) is 10.9. The molecular weight excluding hydrogens is 307 g/mol. The molecule has 0 saturated carbocycles. The van der Waals surface area contributed by atoms with Gasteiger partial charge < -0.3 is 4.74 Å². The first-order valence-electron chi connectivity index (χ1n) is 7.35. The molecule has 0 aliphatic carbocycles. The van der Waals surface area contributed by atoms with Crippen LogP contribution in [0, 0.1) is 0 Å². The Kier molecular flexibility index (Phi) is 4.02. The Balaban J connectivity index is 2.04. The molecule has 1 amide bonds. The van der Waals surface area contributed by atoms with Crippen LogP contribution >= 0.6 is 0 Å². The number of benzene rings is 2. The lowest BCUT2D eigenvalue weighted by atomic mass is 9.95. The molecule has 1 unspecified atom stereocenters. The van der Waals surface area contributed by atoms with Gasteiger partial charge in [0.05, 0.1) is 5.69 Å². The maximum Gasteiger partial charge on any atom is 0.411 e. The number of alkyl halides is 3.